The van der Waals surface area contributed by atoms with Crippen molar-refractivity contribution in [3.05, 3.63) is 65.2 Å². The summed E-state index contributed by atoms with van der Waals surface area (Å²) >= 11 is 4.95. The Hall–Kier alpha value is -1.87. The molecule has 0 aliphatic heterocycles. The van der Waals surface area contributed by atoms with Crippen LogP contribution in [-0.2, 0) is 6.61 Å². The number of thiocarbonyl (C=S) groups is 1. The van der Waals surface area contributed by atoms with Crippen molar-refractivity contribution in [2.24, 2.45) is 5.73 Å². The van der Waals surface area contributed by atoms with Gasteiger partial charge < -0.3 is 10.5 Å². The molecule has 110 valence electrons. The third kappa shape index (κ3) is 4.05. The predicted octanol–water partition coefficient (Wildman–Crippen LogP) is 4.41. The highest BCUT2D eigenvalue weighted by molar-refractivity contribution is 7.80. The summed E-state index contributed by atoms with van der Waals surface area (Å²) in [6.45, 7) is 4.96. The summed E-state index contributed by atoms with van der Waals surface area (Å²) < 4.78 is 5.98. The van der Waals surface area contributed by atoms with E-state index in [0.717, 1.165) is 23.3 Å². The Bertz CT molecular complexity index is 607. The van der Waals surface area contributed by atoms with Crippen LogP contribution in [-0.4, -0.2) is 4.99 Å². The number of ether oxygens (including phenoxy) is 1. The van der Waals surface area contributed by atoms with Crippen LogP contribution in [0.1, 0.15) is 42.9 Å². The average Bonchev–Trinajstić information content (AvgIpc) is 2.52. The van der Waals surface area contributed by atoms with Gasteiger partial charge in [-0.2, -0.15) is 0 Å². The van der Waals surface area contributed by atoms with E-state index in [0.29, 0.717) is 17.5 Å². The fraction of sp³-hybridized carbons (Fsp3) is 0.278. The molecule has 0 saturated heterocycles. The van der Waals surface area contributed by atoms with Crippen molar-refractivity contribution in [3.63, 3.8) is 0 Å². The van der Waals surface area contributed by atoms with Crippen LogP contribution in [0.15, 0.2) is 48.5 Å². The molecule has 2 nitrogen and oxygen atoms in total. The molecule has 3 heteroatoms. The number of rotatable bonds is 6. The maximum absolute atomic E-state index is 5.98. The van der Waals surface area contributed by atoms with Gasteiger partial charge in [0.25, 0.3) is 0 Å². The van der Waals surface area contributed by atoms with E-state index < -0.39 is 0 Å². The van der Waals surface area contributed by atoms with Crippen LogP contribution in [0, 0.1) is 0 Å². The average molecular weight is 299 g/mol. The molecule has 0 aliphatic rings. The van der Waals surface area contributed by atoms with Crippen molar-refractivity contribution >= 4 is 17.2 Å². The number of nitrogens with two attached hydrogens (primary N) is 1. The van der Waals surface area contributed by atoms with E-state index in [1.54, 1.807) is 0 Å². The molecule has 0 aromatic heterocycles. The summed E-state index contributed by atoms with van der Waals surface area (Å²) in [6.07, 6.45) is 1.10. The minimum absolute atomic E-state index is 0.421. The molecule has 0 saturated carbocycles. The van der Waals surface area contributed by atoms with Crippen LogP contribution in [0.5, 0.6) is 5.75 Å². The molecule has 0 amide bonds. The SMILES string of the molecule is CCC(C)c1ccccc1OCc1ccc(C(N)=S)cc1. The highest BCUT2D eigenvalue weighted by atomic mass is 32.1. The van der Waals surface area contributed by atoms with Gasteiger partial charge in [-0.3, -0.25) is 0 Å². The third-order valence-corrected chi connectivity index (χ3v) is 3.93. The summed E-state index contributed by atoms with van der Waals surface area (Å²) in [5, 5.41) is 0. The first-order valence-electron chi connectivity index (χ1n) is 7.22. The Balaban J connectivity index is 2.08. The minimum atomic E-state index is 0.421. The van der Waals surface area contributed by atoms with Crippen molar-refractivity contribution in [1.82, 2.24) is 0 Å². The van der Waals surface area contributed by atoms with E-state index in [-0.39, 0.29) is 0 Å². The standard InChI is InChI=1S/C18H21NOS/c1-3-13(2)16-6-4-5-7-17(16)20-12-14-8-10-15(11-9-14)18(19)21/h4-11,13H,3,12H2,1-2H3,(H2,19,21). The van der Waals surface area contributed by atoms with Gasteiger partial charge in [-0.25, -0.2) is 0 Å². The van der Waals surface area contributed by atoms with Crippen LogP contribution in [0.25, 0.3) is 0 Å². The zero-order valence-electron chi connectivity index (χ0n) is 12.5. The predicted molar refractivity (Wildman–Crippen MR) is 91.8 cm³/mol. The monoisotopic (exact) mass is 299 g/mol. The Labute approximate surface area is 131 Å². The Kier molecular flexibility index (Phi) is 5.34. The lowest BCUT2D eigenvalue weighted by molar-refractivity contribution is 0.301. The largest absolute Gasteiger partial charge is 0.489 e. The van der Waals surface area contributed by atoms with Crippen LogP contribution in [0.3, 0.4) is 0 Å². The van der Waals surface area contributed by atoms with Gasteiger partial charge >= 0.3 is 0 Å². The summed E-state index contributed by atoms with van der Waals surface area (Å²) in [5.74, 6) is 1.46. The van der Waals surface area contributed by atoms with Gasteiger partial charge in [-0.05, 0) is 29.5 Å². The smallest absolute Gasteiger partial charge is 0.123 e. The zero-order chi connectivity index (χ0) is 15.2. The third-order valence-electron chi connectivity index (χ3n) is 3.70. The van der Waals surface area contributed by atoms with E-state index >= 15 is 0 Å². The number of hydrogen-bond acceptors (Lipinski definition) is 2. The molecule has 2 N–H and O–H groups in total. The normalized spacial score (nSPS) is 11.9. The summed E-state index contributed by atoms with van der Waals surface area (Å²) in [4.78, 5) is 0.421. The lowest BCUT2D eigenvalue weighted by Gasteiger charge is -2.15. The van der Waals surface area contributed by atoms with E-state index in [4.69, 9.17) is 22.7 Å². The van der Waals surface area contributed by atoms with Gasteiger partial charge in [-0.15, -0.1) is 0 Å². The van der Waals surface area contributed by atoms with Crippen LogP contribution < -0.4 is 10.5 Å². The van der Waals surface area contributed by atoms with Gasteiger partial charge in [0.2, 0.25) is 0 Å². The second-order valence-corrected chi connectivity index (χ2v) is 5.64. The van der Waals surface area contributed by atoms with Crippen LogP contribution in [0.2, 0.25) is 0 Å². The highest BCUT2D eigenvalue weighted by Crippen LogP contribution is 2.28. The molecular formula is C18H21NOS. The molecule has 1 atom stereocenters. The Morgan fingerprint density at radius 2 is 1.81 bits per heavy atom. The van der Waals surface area contributed by atoms with Crippen molar-refractivity contribution in [3.8, 4) is 5.75 Å². The molecule has 21 heavy (non-hydrogen) atoms. The molecule has 0 fully saturated rings. The molecular weight excluding hydrogens is 278 g/mol. The zero-order valence-corrected chi connectivity index (χ0v) is 13.3. The molecule has 1 unspecified atom stereocenters. The first-order chi connectivity index (χ1) is 10.1. The summed E-state index contributed by atoms with van der Waals surface area (Å²) in [6, 6.07) is 16.1. The quantitative estimate of drug-likeness (QED) is 0.802. The molecule has 0 heterocycles. The maximum Gasteiger partial charge on any atom is 0.123 e. The molecule has 0 spiro atoms. The van der Waals surface area contributed by atoms with E-state index in [1.165, 1.54) is 5.56 Å². The Morgan fingerprint density at radius 1 is 1.14 bits per heavy atom. The topological polar surface area (TPSA) is 35.2 Å². The van der Waals surface area contributed by atoms with E-state index in [9.17, 15) is 0 Å². The first kappa shape index (κ1) is 15.5. The van der Waals surface area contributed by atoms with Crippen LogP contribution in [0.4, 0.5) is 0 Å². The van der Waals surface area contributed by atoms with Gasteiger partial charge in [-0.1, -0.05) is 68.5 Å². The van der Waals surface area contributed by atoms with E-state index in [2.05, 4.69) is 26.0 Å². The molecule has 2 aromatic carbocycles. The molecule has 0 aliphatic carbocycles. The fourth-order valence-electron chi connectivity index (χ4n) is 2.17. The molecule has 2 rings (SSSR count). The molecule has 0 bridgehead atoms. The first-order valence-corrected chi connectivity index (χ1v) is 7.63. The molecule has 0 radical (unpaired) electrons. The second kappa shape index (κ2) is 7.23. The van der Waals surface area contributed by atoms with E-state index in [1.807, 2.05) is 36.4 Å². The van der Waals surface area contributed by atoms with Crippen molar-refractivity contribution in [2.45, 2.75) is 32.8 Å². The highest BCUT2D eigenvalue weighted by Gasteiger charge is 2.09. The van der Waals surface area contributed by atoms with Gasteiger partial charge in [0.05, 0.1) is 0 Å². The maximum atomic E-state index is 5.98. The number of benzene rings is 2. The lowest BCUT2D eigenvalue weighted by Crippen LogP contribution is -2.09. The van der Waals surface area contributed by atoms with Gasteiger partial charge in [0.15, 0.2) is 0 Å². The van der Waals surface area contributed by atoms with Crippen molar-refractivity contribution in [2.75, 3.05) is 0 Å². The summed E-state index contributed by atoms with van der Waals surface area (Å²) in [7, 11) is 0. The van der Waals surface area contributed by atoms with Crippen molar-refractivity contribution < 1.29 is 4.74 Å². The van der Waals surface area contributed by atoms with Crippen molar-refractivity contribution in [1.29, 1.82) is 0 Å². The van der Waals surface area contributed by atoms with Gasteiger partial charge in [0.1, 0.15) is 17.3 Å². The Morgan fingerprint density at radius 3 is 2.43 bits per heavy atom. The fourth-order valence-corrected chi connectivity index (χ4v) is 2.30. The number of hydrogen-bond donors (Lipinski definition) is 1. The van der Waals surface area contributed by atoms with Gasteiger partial charge in [0, 0.05) is 5.56 Å². The second-order valence-electron chi connectivity index (χ2n) is 5.20. The van der Waals surface area contributed by atoms with Crippen LogP contribution >= 0.6 is 12.2 Å². The minimum Gasteiger partial charge on any atom is -0.489 e. The number of para-hydroxylation sites is 1. The summed E-state index contributed by atoms with van der Waals surface area (Å²) in [5.41, 5.74) is 8.85. The molecule has 2 aromatic rings. The lowest BCUT2D eigenvalue weighted by atomic mass is 9.98.